The topological polar surface area (TPSA) is 64.2 Å². The molecule has 22 heavy (non-hydrogen) atoms. The van der Waals surface area contributed by atoms with E-state index in [0.717, 1.165) is 16.5 Å². The van der Waals surface area contributed by atoms with E-state index in [0.29, 0.717) is 5.69 Å². The van der Waals surface area contributed by atoms with Gasteiger partial charge in [0.25, 0.3) is 5.56 Å². The molecule has 0 aliphatic rings. The Morgan fingerprint density at radius 2 is 2.09 bits per heavy atom. The molecule has 7 heteroatoms. The first-order valence-corrected chi connectivity index (χ1v) is 7.00. The third-order valence-electron chi connectivity index (χ3n) is 3.39. The molecule has 0 unspecified atom stereocenters. The summed E-state index contributed by atoms with van der Waals surface area (Å²) in [6.07, 6.45) is 5.14. The summed E-state index contributed by atoms with van der Waals surface area (Å²) in [5.41, 5.74) is 4.86. The van der Waals surface area contributed by atoms with Crippen LogP contribution in [0, 0.1) is 0 Å². The Hall–Kier alpha value is -2.60. The Bertz CT molecular complexity index is 925. The number of para-hydroxylation sites is 1. The molecule has 0 bridgehead atoms. The molecule has 0 aliphatic carbocycles. The van der Waals surface area contributed by atoms with Crippen molar-refractivity contribution in [3.63, 3.8) is 0 Å². The summed E-state index contributed by atoms with van der Waals surface area (Å²) in [6.45, 7) is 0. The molecule has 112 valence electrons. The highest BCUT2D eigenvalue weighted by Crippen LogP contribution is 2.19. The summed E-state index contributed by atoms with van der Waals surface area (Å²) >= 11 is 5.97. The SMILES string of the molecule is Cn1ncc(N/N=C\c2cn(C)c3ccccc23)c(Cl)c1=O. The van der Waals surface area contributed by atoms with E-state index in [1.165, 1.54) is 17.9 Å². The minimum Gasteiger partial charge on any atom is -0.350 e. The summed E-state index contributed by atoms with van der Waals surface area (Å²) in [6, 6.07) is 8.05. The molecular formula is C15H14ClN5O. The van der Waals surface area contributed by atoms with Crippen LogP contribution in [-0.4, -0.2) is 20.6 Å². The monoisotopic (exact) mass is 315 g/mol. The molecule has 0 aliphatic heterocycles. The standard InChI is InChI=1S/C15H14ClN5O/c1-20-9-10(11-5-3-4-6-13(11)20)7-17-19-12-8-18-21(2)15(22)14(12)16/h3-9,19H,1-2H3/b17-7-. The molecule has 0 fully saturated rings. The van der Waals surface area contributed by atoms with Gasteiger partial charge in [0.1, 0.15) is 10.7 Å². The Kier molecular flexibility index (Phi) is 3.68. The van der Waals surface area contributed by atoms with E-state index in [9.17, 15) is 4.79 Å². The molecule has 0 saturated heterocycles. The van der Waals surface area contributed by atoms with Crippen LogP contribution in [0.4, 0.5) is 5.69 Å². The van der Waals surface area contributed by atoms with Gasteiger partial charge in [0.2, 0.25) is 0 Å². The highest BCUT2D eigenvalue weighted by atomic mass is 35.5. The quantitative estimate of drug-likeness (QED) is 0.596. The maximum absolute atomic E-state index is 11.7. The van der Waals surface area contributed by atoms with Crippen LogP contribution in [0.3, 0.4) is 0 Å². The maximum atomic E-state index is 11.7. The van der Waals surface area contributed by atoms with Crippen molar-refractivity contribution in [1.29, 1.82) is 0 Å². The van der Waals surface area contributed by atoms with E-state index >= 15 is 0 Å². The van der Waals surface area contributed by atoms with Crippen molar-refractivity contribution in [3.05, 3.63) is 57.6 Å². The Morgan fingerprint density at radius 3 is 2.91 bits per heavy atom. The fourth-order valence-electron chi connectivity index (χ4n) is 2.24. The number of nitrogens with zero attached hydrogens (tertiary/aromatic N) is 4. The predicted octanol–water partition coefficient (Wildman–Crippen LogP) is 2.37. The summed E-state index contributed by atoms with van der Waals surface area (Å²) < 4.78 is 3.20. The van der Waals surface area contributed by atoms with Crippen molar-refractivity contribution in [2.24, 2.45) is 19.2 Å². The lowest BCUT2D eigenvalue weighted by Crippen LogP contribution is -2.20. The third kappa shape index (κ3) is 2.48. The Labute approximate surface area is 131 Å². The molecule has 0 spiro atoms. The van der Waals surface area contributed by atoms with Gasteiger partial charge in [-0.1, -0.05) is 29.8 Å². The molecule has 0 atom stereocenters. The lowest BCUT2D eigenvalue weighted by Gasteiger charge is -2.03. The molecule has 3 rings (SSSR count). The zero-order valence-corrected chi connectivity index (χ0v) is 12.9. The number of hydrogen-bond acceptors (Lipinski definition) is 4. The fraction of sp³-hybridized carbons (Fsp3) is 0.133. The first-order valence-electron chi connectivity index (χ1n) is 6.63. The second-order valence-corrected chi connectivity index (χ2v) is 5.26. The summed E-state index contributed by atoms with van der Waals surface area (Å²) in [7, 11) is 3.52. The van der Waals surface area contributed by atoms with Gasteiger partial charge in [-0.3, -0.25) is 10.2 Å². The molecule has 0 saturated carbocycles. The minimum atomic E-state index is -0.368. The van der Waals surface area contributed by atoms with Crippen LogP contribution in [0.15, 0.2) is 46.6 Å². The molecule has 0 radical (unpaired) electrons. The van der Waals surface area contributed by atoms with Crippen LogP contribution in [0.5, 0.6) is 0 Å². The summed E-state index contributed by atoms with van der Waals surface area (Å²) in [5, 5.41) is 9.21. The number of fused-ring (bicyclic) bond motifs is 1. The average Bonchev–Trinajstić information content (AvgIpc) is 2.84. The van der Waals surface area contributed by atoms with E-state index in [4.69, 9.17) is 11.6 Å². The van der Waals surface area contributed by atoms with Crippen LogP contribution in [0.25, 0.3) is 10.9 Å². The zero-order valence-electron chi connectivity index (χ0n) is 12.1. The van der Waals surface area contributed by atoms with Crippen molar-refractivity contribution in [1.82, 2.24) is 14.3 Å². The zero-order chi connectivity index (χ0) is 15.7. The maximum Gasteiger partial charge on any atom is 0.287 e. The number of halogens is 1. The van der Waals surface area contributed by atoms with Gasteiger partial charge < -0.3 is 4.57 Å². The van der Waals surface area contributed by atoms with E-state index in [1.54, 1.807) is 6.21 Å². The van der Waals surface area contributed by atoms with Crippen LogP contribution < -0.4 is 11.0 Å². The molecule has 2 heterocycles. The van der Waals surface area contributed by atoms with E-state index in [-0.39, 0.29) is 10.6 Å². The number of rotatable bonds is 3. The molecule has 3 aromatic rings. The first kappa shape index (κ1) is 14.3. The highest BCUT2D eigenvalue weighted by Gasteiger charge is 2.06. The van der Waals surface area contributed by atoms with Gasteiger partial charge in [0.05, 0.1) is 12.4 Å². The van der Waals surface area contributed by atoms with Gasteiger partial charge in [0.15, 0.2) is 0 Å². The van der Waals surface area contributed by atoms with Crippen LogP contribution in [0.1, 0.15) is 5.56 Å². The lowest BCUT2D eigenvalue weighted by molar-refractivity contribution is 0.708. The molecule has 1 aromatic carbocycles. The minimum absolute atomic E-state index is 0.0626. The second-order valence-electron chi connectivity index (χ2n) is 4.88. The van der Waals surface area contributed by atoms with Gasteiger partial charge in [-0.2, -0.15) is 10.2 Å². The Morgan fingerprint density at radius 1 is 1.32 bits per heavy atom. The van der Waals surface area contributed by atoms with Gasteiger partial charge in [-0.05, 0) is 6.07 Å². The van der Waals surface area contributed by atoms with Gasteiger partial charge in [0, 0.05) is 36.8 Å². The first-order chi connectivity index (χ1) is 10.6. The largest absolute Gasteiger partial charge is 0.350 e. The van der Waals surface area contributed by atoms with Gasteiger partial charge in [-0.25, -0.2) is 4.68 Å². The van der Waals surface area contributed by atoms with Crippen LogP contribution >= 0.6 is 11.6 Å². The summed E-state index contributed by atoms with van der Waals surface area (Å²) in [4.78, 5) is 11.7. The number of hydrogen-bond donors (Lipinski definition) is 1. The van der Waals surface area contributed by atoms with Gasteiger partial charge in [-0.15, -0.1) is 0 Å². The summed E-state index contributed by atoms with van der Waals surface area (Å²) in [5.74, 6) is 0. The van der Waals surface area contributed by atoms with Crippen molar-refractivity contribution in [3.8, 4) is 0 Å². The van der Waals surface area contributed by atoms with E-state index in [1.807, 2.05) is 42.1 Å². The molecule has 1 N–H and O–H groups in total. The van der Waals surface area contributed by atoms with Crippen molar-refractivity contribution < 1.29 is 0 Å². The predicted molar refractivity (Wildman–Crippen MR) is 88.6 cm³/mol. The molecule has 0 amide bonds. The fourth-order valence-corrected chi connectivity index (χ4v) is 2.45. The van der Waals surface area contributed by atoms with E-state index < -0.39 is 0 Å². The number of benzene rings is 1. The highest BCUT2D eigenvalue weighted by molar-refractivity contribution is 6.32. The van der Waals surface area contributed by atoms with Crippen LogP contribution in [0.2, 0.25) is 5.02 Å². The number of aromatic nitrogens is 3. The normalized spacial score (nSPS) is 11.4. The molecular weight excluding hydrogens is 302 g/mol. The van der Waals surface area contributed by atoms with Crippen LogP contribution in [-0.2, 0) is 14.1 Å². The van der Waals surface area contributed by atoms with Gasteiger partial charge >= 0.3 is 0 Å². The average molecular weight is 316 g/mol. The number of hydrazone groups is 1. The van der Waals surface area contributed by atoms with E-state index in [2.05, 4.69) is 15.6 Å². The van der Waals surface area contributed by atoms with Crippen molar-refractivity contribution in [2.75, 3.05) is 5.43 Å². The number of aryl methyl sites for hydroxylation is 2. The number of nitrogens with one attached hydrogen (secondary N) is 1. The molecule has 6 nitrogen and oxygen atoms in total. The lowest BCUT2D eigenvalue weighted by atomic mass is 10.2. The smallest absolute Gasteiger partial charge is 0.287 e. The van der Waals surface area contributed by atoms with Crippen molar-refractivity contribution in [2.45, 2.75) is 0 Å². The third-order valence-corrected chi connectivity index (χ3v) is 3.76. The second kappa shape index (κ2) is 5.65. The Balaban J connectivity index is 1.89. The molecule has 2 aromatic heterocycles. The van der Waals surface area contributed by atoms with Crippen molar-refractivity contribution >= 4 is 34.4 Å². The number of anilines is 1.